The van der Waals surface area contributed by atoms with E-state index in [2.05, 4.69) is 35.5 Å². The van der Waals surface area contributed by atoms with Gasteiger partial charge >= 0.3 is 0 Å². The second-order valence-electron chi connectivity index (χ2n) is 6.43. The molecule has 1 atom stereocenters. The van der Waals surface area contributed by atoms with E-state index < -0.39 is 0 Å². The first-order chi connectivity index (χ1) is 11.8. The fourth-order valence-electron chi connectivity index (χ4n) is 3.45. The molecule has 1 aromatic carbocycles. The molecule has 4 rings (SSSR count). The van der Waals surface area contributed by atoms with Crippen molar-refractivity contribution in [1.82, 2.24) is 4.90 Å². The van der Waals surface area contributed by atoms with Crippen LogP contribution < -0.4 is 14.2 Å². The summed E-state index contributed by atoms with van der Waals surface area (Å²) in [6.45, 7) is 4.08. The number of thiophene rings is 1. The maximum absolute atomic E-state index is 5.93. The van der Waals surface area contributed by atoms with Crippen LogP contribution in [-0.2, 0) is 6.42 Å². The highest BCUT2D eigenvalue weighted by Crippen LogP contribution is 2.47. The number of fused-ring (bicyclic) bond motifs is 3. The highest BCUT2D eigenvalue weighted by Gasteiger charge is 2.29. The second-order valence-corrected chi connectivity index (χ2v) is 7.47. The Balaban J connectivity index is 1.45. The molecule has 0 saturated carbocycles. The van der Waals surface area contributed by atoms with E-state index in [4.69, 9.17) is 14.2 Å². The lowest BCUT2D eigenvalue weighted by molar-refractivity contribution is 0.155. The van der Waals surface area contributed by atoms with Gasteiger partial charge in [-0.3, -0.25) is 0 Å². The van der Waals surface area contributed by atoms with Crippen molar-refractivity contribution in [3.8, 4) is 17.2 Å². The minimum atomic E-state index is 0.484. The van der Waals surface area contributed by atoms with Gasteiger partial charge in [-0.2, -0.15) is 0 Å². The monoisotopic (exact) mass is 345 g/mol. The molecule has 24 heavy (non-hydrogen) atoms. The molecule has 0 N–H and O–H groups in total. The molecule has 0 bridgehead atoms. The zero-order valence-corrected chi connectivity index (χ0v) is 14.8. The van der Waals surface area contributed by atoms with Gasteiger partial charge in [0, 0.05) is 29.4 Å². The Bertz CT molecular complexity index is 686. The lowest BCUT2D eigenvalue weighted by atomic mass is 9.92. The fourth-order valence-corrected chi connectivity index (χ4v) is 4.15. The van der Waals surface area contributed by atoms with Crippen LogP contribution in [0.25, 0.3) is 0 Å². The first-order valence-corrected chi connectivity index (χ1v) is 9.45. The lowest BCUT2D eigenvalue weighted by Crippen LogP contribution is -2.30. The maximum atomic E-state index is 5.93. The highest BCUT2D eigenvalue weighted by molar-refractivity contribution is 7.09. The van der Waals surface area contributed by atoms with Crippen molar-refractivity contribution in [1.29, 1.82) is 0 Å². The third-order valence-electron chi connectivity index (χ3n) is 4.70. The molecule has 0 amide bonds. The molecule has 1 aromatic heterocycles. The van der Waals surface area contributed by atoms with E-state index in [9.17, 15) is 0 Å². The van der Waals surface area contributed by atoms with Gasteiger partial charge in [0.05, 0.1) is 6.61 Å². The molecule has 128 valence electrons. The summed E-state index contributed by atoms with van der Waals surface area (Å²) < 4.78 is 17.4. The Morgan fingerprint density at radius 1 is 1.08 bits per heavy atom. The molecule has 0 radical (unpaired) electrons. The Morgan fingerprint density at radius 2 is 1.96 bits per heavy atom. The summed E-state index contributed by atoms with van der Waals surface area (Å²) in [4.78, 5) is 3.88. The van der Waals surface area contributed by atoms with Gasteiger partial charge in [0.2, 0.25) is 5.75 Å². The minimum Gasteiger partial charge on any atom is -0.489 e. The van der Waals surface area contributed by atoms with E-state index in [0.29, 0.717) is 19.1 Å². The molecule has 1 unspecified atom stereocenters. The van der Waals surface area contributed by atoms with E-state index in [1.807, 2.05) is 17.4 Å². The molecule has 3 heterocycles. The van der Waals surface area contributed by atoms with Crippen molar-refractivity contribution >= 4 is 11.3 Å². The molecule has 2 aromatic rings. The van der Waals surface area contributed by atoms with Crippen molar-refractivity contribution in [3.05, 3.63) is 40.1 Å². The van der Waals surface area contributed by atoms with Crippen molar-refractivity contribution in [2.75, 3.05) is 40.0 Å². The van der Waals surface area contributed by atoms with Crippen LogP contribution in [0.1, 0.15) is 22.8 Å². The van der Waals surface area contributed by atoms with E-state index in [0.717, 1.165) is 49.8 Å². The summed E-state index contributed by atoms with van der Waals surface area (Å²) in [7, 11) is 2.21. The lowest BCUT2D eigenvalue weighted by Gasteiger charge is -2.32. The molecule has 5 heteroatoms. The van der Waals surface area contributed by atoms with Crippen LogP contribution >= 0.6 is 11.3 Å². The Labute approximate surface area is 147 Å². The quantitative estimate of drug-likeness (QED) is 0.829. The smallest absolute Gasteiger partial charge is 0.203 e. The Morgan fingerprint density at radius 3 is 2.83 bits per heavy atom. The van der Waals surface area contributed by atoms with Gasteiger partial charge in [0.15, 0.2) is 11.5 Å². The predicted molar refractivity (Wildman–Crippen MR) is 95.8 cm³/mol. The van der Waals surface area contributed by atoms with Crippen molar-refractivity contribution in [3.63, 3.8) is 0 Å². The first-order valence-electron chi connectivity index (χ1n) is 8.57. The molecule has 2 aliphatic rings. The van der Waals surface area contributed by atoms with Gasteiger partial charge in [0.25, 0.3) is 0 Å². The summed E-state index contributed by atoms with van der Waals surface area (Å²) in [5.74, 6) is 2.99. The summed E-state index contributed by atoms with van der Waals surface area (Å²) in [5, 5.41) is 2.15. The van der Waals surface area contributed by atoms with Gasteiger partial charge < -0.3 is 19.1 Å². The van der Waals surface area contributed by atoms with E-state index in [-0.39, 0.29) is 0 Å². The van der Waals surface area contributed by atoms with Gasteiger partial charge in [-0.15, -0.1) is 11.3 Å². The topological polar surface area (TPSA) is 30.9 Å². The molecule has 2 aliphatic heterocycles. The van der Waals surface area contributed by atoms with Gasteiger partial charge in [-0.25, -0.2) is 0 Å². The largest absolute Gasteiger partial charge is 0.489 e. The SMILES string of the molecule is CN(CCc1cccs1)CC1CCOc2c1ccc1c2OCCO1. The van der Waals surface area contributed by atoms with Crippen LogP contribution in [0, 0.1) is 0 Å². The molecule has 0 saturated heterocycles. The Kier molecular flexibility index (Phi) is 4.63. The number of rotatable bonds is 5. The third-order valence-corrected chi connectivity index (χ3v) is 5.63. The molecule has 4 nitrogen and oxygen atoms in total. The van der Waals surface area contributed by atoms with Crippen LogP contribution in [0.15, 0.2) is 29.6 Å². The molecule has 0 spiro atoms. The van der Waals surface area contributed by atoms with Gasteiger partial charge in [-0.1, -0.05) is 12.1 Å². The van der Waals surface area contributed by atoms with E-state index in [1.165, 1.54) is 10.4 Å². The second kappa shape index (κ2) is 7.03. The predicted octanol–water partition coefficient (Wildman–Crippen LogP) is 3.56. The summed E-state index contributed by atoms with van der Waals surface area (Å²) >= 11 is 1.84. The summed E-state index contributed by atoms with van der Waals surface area (Å²) in [5.41, 5.74) is 1.26. The van der Waals surface area contributed by atoms with Crippen LogP contribution in [0.4, 0.5) is 0 Å². The number of hydrogen-bond donors (Lipinski definition) is 0. The Hall–Kier alpha value is -1.72. The van der Waals surface area contributed by atoms with Crippen LogP contribution in [0.3, 0.4) is 0 Å². The summed E-state index contributed by atoms with van der Waals surface area (Å²) in [6, 6.07) is 8.52. The number of hydrogen-bond acceptors (Lipinski definition) is 5. The number of ether oxygens (including phenoxy) is 3. The first kappa shape index (κ1) is 15.8. The highest BCUT2D eigenvalue weighted by atomic mass is 32.1. The molecular formula is C19H23NO3S. The van der Waals surface area contributed by atoms with E-state index in [1.54, 1.807) is 0 Å². The zero-order valence-electron chi connectivity index (χ0n) is 14.0. The number of nitrogens with zero attached hydrogens (tertiary/aromatic N) is 1. The standard InChI is InChI=1S/C19H23NO3S/c1-20(8-6-15-3-2-12-24-15)13-14-7-9-22-18-16(14)4-5-17-19(18)23-11-10-21-17/h2-5,12,14H,6-11,13H2,1H3. The van der Waals surface area contributed by atoms with Crippen LogP contribution in [0.2, 0.25) is 0 Å². The van der Waals surface area contributed by atoms with Gasteiger partial charge in [0.1, 0.15) is 13.2 Å². The third kappa shape index (κ3) is 3.23. The number of benzene rings is 1. The maximum Gasteiger partial charge on any atom is 0.203 e. The van der Waals surface area contributed by atoms with Crippen molar-refractivity contribution in [2.24, 2.45) is 0 Å². The normalized spacial score (nSPS) is 19.0. The average molecular weight is 345 g/mol. The summed E-state index contributed by atoms with van der Waals surface area (Å²) in [6.07, 6.45) is 2.17. The van der Waals surface area contributed by atoms with Crippen molar-refractivity contribution < 1.29 is 14.2 Å². The van der Waals surface area contributed by atoms with Crippen LogP contribution in [0.5, 0.6) is 17.2 Å². The van der Waals surface area contributed by atoms with Crippen molar-refractivity contribution in [2.45, 2.75) is 18.8 Å². The molecule has 0 aliphatic carbocycles. The van der Waals surface area contributed by atoms with E-state index >= 15 is 0 Å². The fraction of sp³-hybridized carbons (Fsp3) is 0.474. The van der Waals surface area contributed by atoms with Gasteiger partial charge in [-0.05, 0) is 37.4 Å². The van der Waals surface area contributed by atoms with Crippen LogP contribution in [-0.4, -0.2) is 44.9 Å². The minimum absolute atomic E-state index is 0.484. The molecular weight excluding hydrogens is 322 g/mol. The number of likely N-dealkylation sites (N-methyl/N-ethyl adjacent to an activating group) is 1. The zero-order chi connectivity index (χ0) is 16.4. The average Bonchev–Trinajstić information content (AvgIpc) is 3.14. The molecule has 0 fully saturated rings.